The van der Waals surface area contributed by atoms with Crippen molar-refractivity contribution in [2.75, 3.05) is 0 Å². The first-order chi connectivity index (χ1) is 50.9. The van der Waals surface area contributed by atoms with Crippen LogP contribution in [0, 0.1) is 0 Å². The lowest BCUT2D eigenvalue weighted by Crippen LogP contribution is -1.76. The van der Waals surface area contributed by atoms with Crippen LogP contribution in [-0.2, 0) is 0 Å². The topological polar surface area (TPSA) is 0 Å². The van der Waals surface area contributed by atoms with Crippen molar-refractivity contribution < 1.29 is 4.20 Å². The lowest BCUT2D eigenvalue weighted by Gasteiger charge is -2.62. The van der Waals surface area contributed by atoms with E-state index in [0.29, 0.717) is 0 Å². The number of hydrogen-bond acceptors (Lipinski definition) is 0. The molecule has 0 aliphatic heterocycles. The van der Waals surface area contributed by atoms with Crippen LogP contribution in [0.4, 0.5) is 4.20 Å². The van der Waals surface area contributed by atoms with Crippen LogP contribution in [-0.4, -0.2) is 0 Å². The second kappa shape index (κ2) is 87.2. The van der Waals surface area contributed by atoms with Gasteiger partial charge in [0.1, 0.15) is 7.61 Å². The maximum Gasteiger partial charge on any atom is 0.149 e. The Morgan fingerprint density at radius 3 is 0.170 bits per heavy atom. The summed E-state index contributed by atoms with van der Waals surface area (Å²) < 4.78 is 26.9. The number of hydrogen-bond donors (Lipinski definition) is 0. The van der Waals surface area contributed by atoms with Gasteiger partial charge in [0.2, 0.25) is 0 Å². The van der Waals surface area contributed by atoms with Crippen LogP contribution in [0.15, 0.2) is 0 Å². The molecule has 0 spiro atoms. The van der Waals surface area contributed by atoms with Gasteiger partial charge in [0.25, 0.3) is 0 Å². The lowest BCUT2D eigenvalue weighted by molar-refractivity contribution is 0.931. The van der Waals surface area contributed by atoms with Gasteiger partial charge in [0, 0.05) is 41.9 Å². The number of halogens is 1. The zero-order chi connectivity index (χ0) is 88.8. The van der Waals surface area contributed by atoms with Crippen molar-refractivity contribution >= 4 is 885 Å². The fourth-order valence-electron chi connectivity index (χ4n) is 6.88. The molecule has 58 atom stereocenters. The second-order valence-corrected chi connectivity index (χ2v) is 479. The Labute approximate surface area is 874 Å². The van der Waals surface area contributed by atoms with E-state index in [4.69, 9.17) is 0 Å². The van der Waals surface area contributed by atoms with E-state index in [1.165, 1.54) is 0 Å². The maximum atomic E-state index is 26.9. The van der Waals surface area contributed by atoms with E-state index < -0.39 is 385 Å². The molecule has 0 saturated carbocycles. The molecular formula is H112FP111. The van der Waals surface area contributed by atoms with E-state index in [1.807, 2.05) is 0 Å². The minimum absolute atomic E-state index is 0.556. The van der Waals surface area contributed by atoms with Gasteiger partial charge in [-0.15, -0.1) is 500 Å². The van der Waals surface area contributed by atoms with E-state index >= 15 is 4.20 Å². The minimum Gasteiger partial charge on any atom is -0.216 e. The molecule has 112 heteroatoms. The summed E-state index contributed by atoms with van der Waals surface area (Å²) in [6, 6.07) is 0. The van der Waals surface area contributed by atoms with Crippen LogP contribution in [0.3, 0.4) is 0 Å². The van der Waals surface area contributed by atoms with Gasteiger partial charge in [-0.3, -0.25) is 0 Å². The third kappa shape index (κ3) is 55.7. The summed E-state index contributed by atoms with van der Waals surface area (Å²) in [6.07, 6.45) is 0. The molecule has 0 fully saturated rings. The molecule has 0 bridgehead atoms. The van der Waals surface area contributed by atoms with Crippen LogP contribution in [0.5, 0.6) is 0 Å². The Hall–Kier alpha value is 47.7. The maximum absolute atomic E-state index is 26.9. The molecular weight excluding hydrogens is 3460 g/mol. The first kappa shape index (κ1) is 160. The highest BCUT2D eigenvalue weighted by atomic mass is 33.6. The fraction of sp³-hybridized carbons (Fsp3) is 0. The van der Waals surface area contributed by atoms with Gasteiger partial charge in [-0.25, -0.2) is 4.20 Å². The first-order valence-corrected chi connectivity index (χ1v) is 228. The Bertz CT molecular complexity index is 1910. The Morgan fingerprint density at radius 1 is 0.0714 bits per heavy atom. The molecule has 0 aliphatic rings. The van der Waals surface area contributed by atoms with Crippen LogP contribution < -0.4 is 0 Å². The van der Waals surface area contributed by atoms with Crippen LogP contribution in [0.1, 0.15) is 0 Å². The smallest absolute Gasteiger partial charge is 0.149 e. The van der Waals surface area contributed by atoms with Crippen molar-refractivity contribution in [3.8, 4) is 0 Å². The molecule has 0 saturated heterocycles. The molecule has 0 rings (SSSR count). The monoisotopic (exact) mass is 3570 g/mol. The molecule has 0 N–H and O–H groups in total. The van der Waals surface area contributed by atoms with E-state index in [-0.39, 0.29) is 0 Å². The summed E-state index contributed by atoms with van der Waals surface area (Å²) in [7, 11) is 206. The van der Waals surface area contributed by atoms with Crippen molar-refractivity contribution in [1.29, 1.82) is 0 Å². The summed E-state index contributed by atoms with van der Waals surface area (Å²) in [4.78, 5) is 0. The van der Waals surface area contributed by atoms with Crippen LogP contribution in [0.25, 0.3) is 0 Å². The predicted octanol–water partition coefficient (Wildman–Crippen LogP) is 66.0. The Balaban J connectivity index is 15.1. The molecule has 0 radical (unpaired) electrons. The second-order valence-electron chi connectivity index (χ2n) is 17.9. The Kier molecular flexibility index (Phi) is 124. The standard InChI is InChI=1S/FH112P111/c1-58(87(103(89(59(2)3)60(4)5)90(61(6)7)62(8)9)104(107(91(63(10)11)64(12)13)92(65(14)15)66(16)17)108(93(67(18)19)68(20)21)94(69(22)23)70(24)25)88(105(109(95(71(26)27)72(28)29)96(73(30)31)74(32)33)110(97(75(34)35)76(36)37)98(77(38)39)78(40)41)106(111(99(79(42)43)80(44)45)100(81(46)47)82(48)49)112(101(83(50)51)84(52)53)102(85(54)55)86(56)57/h2-57H2. The molecule has 112 heavy (non-hydrogen) atoms. The van der Waals surface area contributed by atoms with Gasteiger partial charge in [-0.1, -0.05) is 0 Å². The zero-order valence-electron chi connectivity index (χ0n) is 57.3. The average Bonchev–Trinajstić information content (AvgIpc) is 3.46. The van der Waals surface area contributed by atoms with Crippen molar-refractivity contribution in [3.63, 3.8) is 0 Å². The minimum atomic E-state index is -2.17. The van der Waals surface area contributed by atoms with Gasteiger partial charge < -0.3 is 0 Å². The molecule has 0 amide bonds. The lowest BCUT2D eigenvalue weighted by atomic mass is 18.9. The summed E-state index contributed by atoms with van der Waals surface area (Å²) in [5.74, 6) is 0. The first-order valence-electron chi connectivity index (χ1n) is 25.4. The molecule has 0 nitrogen and oxygen atoms in total. The molecule has 0 aliphatic carbocycles. The van der Waals surface area contributed by atoms with Crippen LogP contribution in [0.2, 0.25) is 0 Å². The summed E-state index contributed by atoms with van der Waals surface area (Å²) >= 11 is 0. The van der Waals surface area contributed by atoms with Gasteiger partial charge >= 0.3 is 0 Å². The van der Waals surface area contributed by atoms with Gasteiger partial charge in [-0.2, -0.15) is 0 Å². The molecule has 0 heterocycles. The van der Waals surface area contributed by atoms with E-state index in [0.717, 1.165) is 0 Å². The SMILES string of the molecule is FP(P(P(P(P(P)P)P(P)P)P(P(P)P)P(P)P)P(P(P(P(P)P)P(P)P)P(P(P)P)P(P)P)P(P(P(P)P)P(P)P)P(P(P)P)P(P)P)P(P(P(P(P(P)P)P(P)P)P(P(P)P)P(P)P)P(P(P(P)P)P(P)P)P(P(P)P)P(P)P)P(P(P(P(P)P)P(P)P)P(P(P)P)P(P)P)P(P(P(P)P)P(P)P)P(P(P)P)P(P)P. The highest BCUT2D eigenvalue weighted by Gasteiger charge is 2.68. The van der Waals surface area contributed by atoms with Crippen LogP contribution >= 0.6 is 885 Å². The summed E-state index contributed by atoms with van der Waals surface area (Å²) in [5.41, 5.74) is 0. The van der Waals surface area contributed by atoms with Crippen molar-refractivity contribution in [1.82, 2.24) is 0 Å². The highest BCUT2D eigenvalue weighted by molar-refractivity contribution is 9.59. The molecule has 0 aromatic heterocycles. The molecule has 58 unspecified atom stereocenters. The average molecular weight is 3570 g/mol. The van der Waals surface area contributed by atoms with Gasteiger partial charge in [-0.05, 0) is 335 Å². The summed E-state index contributed by atoms with van der Waals surface area (Å²) in [6.45, 7) is -35.5. The van der Waals surface area contributed by atoms with E-state index in [1.54, 1.807) is 0 Å². The van der Waals surface area contributed by atoms with Crippen molar-refractivity contribution in [2.45, 2.75) is 0 Å². The van der Waals surface area contributed by atoms with Gasteiger partial charge in [0.05, 0.1) is 0 Å². The number of rotatable bonds is 54. The predicted molar refractivity (Wildman–Crippen MR) is 925 cm³/mol. The zero-order valence-corrected chi connectivity index (χ0v) is 171. The third-order valence-electron chi connectivity index (χ3n) is 9.92. The summed E-state index contributed by atoms with van der Waals surface area (Å²) in [5, 5.41) is 0. The van der Waals surface area contributed by atoms with E-state index in [2.05, 4.69) is 500 Å². The van der Waals surface area contributed by atoms with Gasteiger partial charge in [0.15, 0.2) is 0 Å². The normalized spacial score (nSPS) is 15.3. The molecule has 0 aromatic rings. The fourth-order valence-corrected chi connectivity index (χ4v) is 1650. The van der Waals surface area contributed by atoms with E-state index in [9.17, 15) is 0 Å². The third-order valence-corrected chi connectivity index (χ3v) is 796. The van der Waals surface area contributed by atoms with Crippen molar-refractivity contribution in [2.24, 2.45) is 0 Å². The Morgan fingerprint density at radius 2 is 0.116 bits per heavy atom. The molecule has 674 valence electrons. The quantitative estimate of drug-likeness (QED) is 0.0533. The highest BCUT2D eigenvalue weighted by Crippen LogP contribution is 3.54. The molecule has 0 aromatic carbocycles. The largest absolute Gasteiger partial charge is 0.216 e. The van der Waals surface area contributed by atoms with Crippen molar-refractivity contribution in [3.05, 3.63) is 0 Å².